The average molecular weight is 361 g/mol. The van der Waals surface area contributed by atoms with Gasteiger partial charge in [-0.2, -0.15) is 0 Å². The van der Waals surface area contributed by atoms with E-state index in [9.17, 15) is 4.79 Å². The van der Waals surface area contributed by atoms with E-state index in [2.05, 4.69) is 9.97 Å². The third kappa shape index (κ3) is 4.50. The van der Waals surface area contributed by atoms with Crippen molar-refractivity contribution in [3.63, 3.8) is 0 Å². The average Bonchev–Trinajstić information content (AvgIpc) is 2.73. The Bertz CT molecular complexity index is 895. The van der Waals surface area contributed by atoms with Crippen LogP contribution in [0.4, 0.5) is 0 Å². The molecule has 0 saturated carbocycles. The first-order valence-electron chi connectivity index (χ1n) is 8.85. The highest BCUT2D eigenvalue weighted by molar-refractivity contribution is 5.94. The Hall–Kier alpha value is -3.21. The van der Waals surface area contributed by atoms with Crippen molar-refractivity contribution in [3.05, 3.63) is 78.4 Å². The molecule has 3 rings (SSSR count). The summed E-state index contributed by atoms with van der Waals surface area (Å²) in [4.78, 5) is 22.9. The van der Waals surface area contributed by atoms with Crippen LogP contribution < -0.4 is 4.74 Å². The zero-order chi connectivity index (χ0) is 19.2. The Morgan fingerprint density at radius 3 is 2.56 bits per heavy atom. The van der Waals surface area contributed by atoms with Crippen LogP contribution in [0.5, 0.6) is 5.75 Å². The van der Waals surface area contributed by atoms with Crippen LogP contribution in [0.1, 0.15) is 23.0 Å². The van der Waals surface area contributed by atoms with Gasteiger partial charge in [-0.25, -0.2) is 0 Å². The Morgan fingerprint density at radius 1 is 1.11 bits per heavy atom. The summed E-state index contributed by atoms with van der Waals surface area (Å²) in [6, 6.07) is 15.5. The summed E-state index contributed by atoms with van der Waals surface area (Å²) < 4.78 is 5.27. The standard InChI is InChI=1S/C22H23N3O2/c1-16(13-20-15-23-11-12-24-20)25(2)22(26)18-9-7-17(8-10-18)19-5-4-6-21(14-19)27-3/h4-12,14-16H,13H2,1-3H3. The molecule has 27 heavy (non-hydrogen) atoms. The fraction of sp³-hybridized carbons (Fsp3) is 0.227. The monoisotopic (exact) mass is 361 g/mol. The number of benzene rings is 2. The molecule has 0 aliphatic heterocycles. The lowest BCUT2D eigenvalue weighted by Gasteiger charge is -2.25. The molecule has 0 bridgehead atoms. The van der Waals surface area contributed by atoms with Crippen LogP contribution in [0.15, 0.2) is 67.1 Å². The van der Waals surface area contributed by atoms with Gasteiger partial charge in [0.05, 0.1) is 12.8 Å². The van der Waals surface area contributed by atoms with Gasteiger partial charge >= 0.3 is 0 Å². The molecule has 0 aliphatic carbocycles. The van der Waals surface area contributed by atoms with E-state index in [4.69, 9.17) is 4.74 Å². The van der Waals surface area contributed by atoms with Crippen LogP contribution in [0, 0.1) is 0 Å². The number of aromatic nitrogens is 2. The van der Waals surface area contributed by atoms with Gasteiger partial charge in [-0.05, 0) is 42.3 Å². The van der Waals surface area contributed by atoms with Gasteiger partial charge in [-0.15, -0.1) is 0 Å². The molecule has 0 spiro atoms. The minimum absolute atomic E-state index is 0.0106. The summed E-state index contributed by atoms with van der Waals surface area (Å²) in [5.74, 6) is 0.800. The van der Waals surface area contributed by atoms with Crippen LogP contribution in [0.25, 0.3) is 11.1 Å². The molecule has 0 fully saturated rings. The van der Waals surface area contributed by atoms with E-state index in [1.807, 2.05) is 62.5 Å². The Labute approximate surface area is 159 Å². The molecule has 0 aliphatic rings. The van der Waals surface area contributed by atoms with E-state index >= 15 is 0 Å². The van der Waals surface area contributed by atoms with Gasteiger partial charge in [0.1, 0.15) is 5.75 Å². The van der Waals surface area contributed by atoms with Crippen LogP contribution in [0.2, 0.25) is 0 Å². The number of ether oxygens (including phenoxy) is 1. The molecule has 5 heteroatoms. The fourth-order valence-electron chi connectivity index (χ4n) is 2.89. The quantitative estimate of drug-likeness (QED) is 0.669. The van der Waals surface area contributed by atoms with Crippen molar-refractivity contribution < 1.29 is 9.53 Å². The number of hydrogen-bond acceptors (Lipinski definition) is 4. The van der Waals surface area contributed by atoms with E-state index in [1.54, 1.807) is 30.6 Å². The van der Waals surface area contributed by atoms with Crippen molar-refractivity contribution in [1.82, 2.24) is 14.9 Å². The highest BCUT2D eigenvalue weighted by Gasteiger charge is 2.18. The zero-order valence-electron chi connectivity index (χ0n) is 15.8. The van der Waals surface area contributed by atoms with Crippen molar-refractivity contribution in [2.45, 2.75) is 19.4 Å². The Kier molecular flexibility index (Phi) is 5.81. The first-order valence-corrected chi connectivity index (χ1v) is 8.85. The van der Waals surface area contributed by atoms with Crippen molar-refractivity contribution in [1.29, 1.82) is 0 Å². The van der Waals surface area contributed by atoms with E-state index in [0.717, 1.165) is 22.6 Å². The molecule has 1 unspecified atom stereocenters. The lowest BCUT2D eigenvalue weighted by Crippen LogP contribution is -2.36. The van der Waals surface area contributed by atoms with Gasteiger partial charge in [0.15, 0.2) is 0 Å². The molecule has 0 saturated heterocycles. The van der Waals surface area contributed by atoms with Gasteiger partial charge < -0.3 is 9.64 Å². The highest BCUT2D eigenvalue weighted by Crippen LogP contribution is 2.24. The minimum Gasteiger partial charge on any atom is -0.497 e. The Balaban J connectivity index is 1.71. The maximum absolute atomic E-state index is 12.8. The van der Waals surface area contributed by atoms with E-state index in [0.29, 0.717) is 12.0 Å². The summed E-state index contributed by atoms with van der Waals surface area (Å²) in [5.41, 5.74) is 3.63. The van der Waals surface area contributed by atoms with Crippen molar-refractivity contribution in [3.8, 4) is 16.9 Å². The SMILES string of the molecule is COc1cccc(-c2ccc(C(=O)N(C)C(C)Cc3cnccn3)cc2)c1. The largest absolute Gasteiger partial charge is 0.497 e. The van der Waals surface area contributed by atoms with E-state index in [-0.39, 0.29) is 11.9 Å². The molecule has 0 N–H and O–H groups in total. The zero-order valence-corrected chi connectivity index (χ0v) is 15.8. The maximum atomic E-state index is 12.8. The van der Waals surface area contributed by atoms with E-state index < -0.39 is 0 Å². The third-order valence-electron chi connectivity index (χ3n) is 4.64. The van der Waals surface area contributed by atoms with Gasteiger partial charge in [0.25, 0.3) is 5.91 Å². The summed E-state index contributed by atoms with van der Waals surface area (Å²) >= 11 is 0. The van der Waals surface area contributed by atoms with Gasteiger partial charge in [0.2, 0.25) is 0 Å². The maximum Gasteiger partial charge on any atom is 0.253 e. The molecule has 2 aromatic carbocycles. The topological polar surface area (TPSA) is 55.3 Å². The second kappa shape index (κ2) is 8.45. The predicted molar refractivity (Wildman–Crippen MR) is 106 cm³/mol. The summed E-state index contributed by atoms with van der Waals surface area (Å²) in [6.07, 6.45) is 5.71. The van der Waals surface area contributed by atoms with Crippen molar-refractivity contribution in [2.24, 2.45) is 0 Å². The Morgan fingerprint density at radius 2 is 1.89 bits per heavy atom. The number of nitrogens with zero attached hydrogens (tertiary/aromatic N) is 3. The number of carbonyl (C=O) groups is 1. The van der Waals surface area contributed by atoms with Crippen LogP contribution >= 0.6 is 0 Å². The number of rotatable bonds is 6. The molecule has 5 nitrogen and oxygen atoms in total. The molecule has 0 radical (unpaired) electrons. The van der Waals surface area contributed by atoms with Crippen molar-refractivity contribution >= 4 is 5.91 Å². The lowest BCUT2D eigenvalue weighted by atomic mass is 10.0. The predicted octanol–water partition coefficient (Wildman–Crippen LogP) is 3.86. The molecule has 1 amide bonds. The molecular formula is C22H23N3O2. The molecule has 138 valence electrons. The molecular weight excluding hydrogens is 338 g/mol. The summed E-state index contributed by atoms with van der Waals surface area (Å²) in [5, 5.41) is 0. The smallest absolute Gasteiger partial charge is 0.253 e. The molecule has 3 aromatic rings. The summed E-state index contributed by atoms with van der Waals surface area (Å²) in [7, 11) is 3.47. The molecule has 1 aromatic heterocycles. The van der Waals surface area contributed by atoms with Crippen molar-refractivity contribution in [2.75, 3.05) is 14.2 Å². The van der Waals surface area contributed by atoms with Gasteiger partial charge in [-0.1, -0.05) is 24.3 Å². The fourth-order valence-corrected chi connectivity index (χ4v) is 2.89. The van der Waals surface area contributed by atoms with Gasteiger partial charge in [0, 0.05) is 43.7 Å². The second-order valence-electron chi connectivity index (χ2n) is 6.48. The number of methoxy groups -OCH3 is 1. The normalized spacial score (nSPS) is 11.7. The first-order chi connectivity index (χ1) is 13.1. The van der Waals surface area contributed by atoms with Gasteiger partial charge in [-0.3, -0.25) is 14.8 Å². The number of hydrogen-bond donors (Lipinski definition) is 0. The molecule has 1 heterocycles. The van der Waals surface area contributed by atoms with Crippen LogP contribution in [-0.4, -0.2) is 41.0 Å². The molecule has 1 atom stereocenters. The van der Waals surface area contributed by atoms with Crippen LogP contribution in [0.3, 0.4) is 0 Å². The second-order valence-corrected chi connectivity index (χ2v) is 6.48. The van der Waals surface area contributed by atoms with E-state index in [1.165, 1.54) is 0 Å². The van der Waals surface area contributed by atoms with Crippen LogP contribution in [-0.2, 0) is 6.42 Å². The lowest BCUT2D eigenvalue weighted by molar-refractivity contribution is 0.0743. The first kappa shape index (κ1) is 18.6. The summed E-state index contributed by atoms with van der Waals surface area (Å²) in [6.45, 7) is 2.01. The minimum atomic E-state index is -0.0106. The number of amides is 1. The highest BCUT2D eigenvalue weighted by atomic mass is 16.5. The third-order valence-corrected chi connectivity index (χ3v) is 4.64. The number of carbonyl (C=O) groups excluding carboxylic acids is 1. The number of likely N-dealkylation sites (N-methyl/N-ethyl adjacent to an activating group) is 1.